The minimum absolute atomic E-state index is 0.0106. The third-order valence-corrected chi connectivity index (χ3v) is 6.94. The van der Waals surface area contributed by atoms with Crippen LogP contribution >= 0.6 is 11.8 Å². The number of para-hydroxylation sites is 1. The highest BCUT2D eigenvalue weighted by Gasteiger charge is 2.25. The van der Waals surface area contributed by atoms with E-state index in [1.165, 1.54) is 11.8 Å². The molecular weight excluding hydrogens is 422 g/mol. The van der Waals surface area contributed by atoms with Crippen molar-refractivity contribution in [3.05, 3.63) is 63.9 Å². The molecule has 2 aromatic carbocycles. The molecule has 1 atom stereocenters. The number of Topliss-reactive ketones (excluding diaryl/α,β-unsaturated/α-hetero) is 1. The van der Waals surface area contributed by atoms with Crippen molar-refractivity contribution in [2.75, 3.05) is 11.4 Å². The maximum absolute atomic E-state index is 13.2. The Balaban J connectivity index is 1.62. The molecular formula is C25H27N3O3S. The zero-order valence-corrected chi connectivity index (χ0v) is 19.4. The van der Waals surface area contributed by atoms with E-state index in [0.29, 0.717) is 34.7 Å². The average molecular weight is 450 g/mol. The predicted molar refractivity (Wildman–Crippen MR) is 129 cm³/mol. The highest BCUT2D eigenvalue weighted by Crippen LogP contribution is 2.31. The number of thioether (sulfide) groups is 1. The molecule has 7 heteroatoms. The minimum atomic E-state index is -0.403. The molecule has 1 aliphatic heterocycles. The second-order valence-corrected chi connectivity index (χ2v) is 9.42. The fourth-order valence-electron chi connectivity index (χ4n) is 4.08. The third-order valence-electron chi connectivity index (χ3n) is 5.85. The van der Waals surface area contributed by atoms with Crippen molar-refractivity contribution in [2.24, 2.45) is 0 Å². The lowest BCUT2D eigenvalue weighted by Crippen LogP contribution is -2.26. The van der Waals surface area contributed by atoms with Gasteiger partial charge in [0.15, 0.2) is 10.9 Å². The second-order valence-electron chi connectivity index (χ2n) is 8.11. The molecule has 1 aromatic heterocycles. The van der Waals surface area contributed by atoms with Gasteiger partial charge in [0.1, 0.15) is 0 Å². The van der Waals surface area contributed by atoms with E-state index in [0.717, 1.165) is 30.5 Å². The third kappa shape index (κ3) is 4.21. The normalized spacial score (nSPS) is 13.9. The first-order valence-electron chi connectivity index (χ1n) is 11.0. The zero-order valence-electron chi connectivity index (χ0n) is 18.6. The molecule has 1 unspecified atom stereocenters. The van der Waals surface area contributed by atoms with Gasteiger partial charge in [-0.2, -0.15) is 0 Å². The topological polar surface area (TPSA) is 72.3 Å². The van der Waals surface area contributed by atoms with Crippen molar-refractivity contribution >= 4 is 40.0 Å². The zero-order chi connectivity index (χ0) is 22.8. The van der Waals surface area contributed by atoms with Crippen LogP contribution in [0.1, 0.15) is 49.5 Å². The molecule has 0 fully saturated rings. The van der Waals surface area contributed by atoms with Crippen LogP contribution in [0.4, 0.5) is 5.69 Å². The van der Waals surface area contributed by atoms with Gasteiger partial charge in [0.25, 0.3) is 5.56 Å². The SMILES string of the molecule is CCCCn1c(SC(C)C(=O)c2ccc3c(c2)CCN3C(C)=O)nc2ccccc2c1=O. The first-order chi connectivity index (χ1) is 15.4. The monoisotopic (exact) mass is 449 g/mol. The van der Waals surface area contributed by atoms with Crippen molar-refractivity contribution in [1.82, 2.24) is 9.55 Å². The number of hydrogen-bond donors (Lipinski definition) is 0. The Bertz CT molecular complexity index is 1250. The van der Waals surface area contributed by atoms with Gasteiger partial charge in [0, 0.05) is 31.3 Å². The van der Waals surface area contributed by atoms with Crippen molar-refractivity contribution in [3.8, 4) is 0 Å². The van der Waals surface area contributed by atoms with Crippen LogP contribution in [0.2, 0.25) is 0 Å². The maximum atomic E-state index is 13.2. The quantitative estimate of drug-likeness (QED) is 0.302. The molecule has 0 saturated heterocycles. The Hall–Kier alpha value is -2.93. The maximum Gasteiger partial charge on any atom is 0.262 e. The van der Waals surface area contributed by atoms with Crippen LogP contribution in [0.25, 0.3) is 10.9 Å². The highest BCUT2D eigenvalue weighted by molar-refractivity contribution is 8.00. The number of rotatable bonds is 7. The van der Waals surface area contributed by atoms with Crippen LogP contribution in [0.15, 0.2) is 52.4 Å². The molecule has 32 heavy (non-hydrogen) atoms. The first kappa shape index (κ1) is 22.3. The molecule has 4 rings (SSSR count). The van der Waals surface area contributed by atoms with Gasteiger partial charge in [0.2, 0.25) is 5.91 Å². The van der Waals surface area contributed by atoms with Crippen molar-refractivity contribution in [2.45, 2.75) is 57.0 Å². The number of nitrogens with zero attached hydrogens (tertiary/aromatic N) is 3. The van der Waals surface area contributed by atoms with Crippen LogP contribution in [-0.4, -0.2) is 33.0 Å². The molecule has 6 nitrogen and oxygen atoms in total. The molecule has 1 amide bonds. The number of hydrogen-bond acceptors (Lipinski definition) is 5. The summed E-state index contributed by atoms with van der Waals surface area (Å²) < 4.78 is 1.70. The molecule has 2 heterocycles. The van der Waals surface area contributed by atoms with Crippen molar-refractivity contribution in [3.63, 3.8) is 0 Å². The summed E-state index contributed by atoms with van der Waals surface area (Å²) in [5.74, 6) is 0.00250. The van der Waals surface area contributed by atoms with Crippen LogP contribution in [0.3, 0.4) is 0 Å². The number of unbranched alkanes of at least 4 members (excludes halogenated alkanes) is 1. The summed E-state index contributed by atoms with van der Waals surface area (Å²) in [6, 6.07) is 12.9. The Morgan fingerprint density at radius 3 is 2.72 bits per heavy atom. The lowest BCUT2D eigenvalue weighted by molar-refractivity contribution is -0.116. The molecule has 0 spiro atoms. The molecule has 0 N–H and O–H groups in total. The molecule has 166 valence electrons. The second kappa shape index (κ2) is 9.28. The van der Waals surface area contributed by atoms with E-state index in [4.69, 9.17) is 4.98 Å². The lowest BCUT2D eigenvalue weighted by atomic mass is 10.0. The van der Waals surface area contributed by atoms with Crippen molar-refractivity contribution in [1.29, 1.82) is 0 Å². The average Bonchev–Trinajstić information content (AvgIpc) is 3.22. The van der Waals surface area contributed by atoms with Crippen LogP contribution in [0, 0.1) is 0 Å². The Kier molecular flexibility index (Phi) is 6.46. The number of amides is 1. The van der Waals surface area contributed by atoms with Crippen LogP contribution in [-0.2, 0) is 17.8 Å². The summed E-state index contributed by atoms with van der Waals surface area (Å²) in [4.78, 5) is 44.6. The summed E-state index contributed by atoms with van der Waals surface area (Å²) in [7, 11) is 0. The summed E-state index contributed by atoms with van der Waals surface area (Å²) in [6.45, 7) is 6.72. The molecule has 0 aliphatic carbocycles. The molecule has 0 radical (unpaired) electrons. The van der Waals surface area contributed by atoms with Crippen molar-refractivity contribution < 1.29 is 9.59 Å². The molecule has 3 aromatic rings. The fourth-order valence-corrected chi connectivity index (χ4v) is 5.09. The summed E-state index contributed by atoms with van der Waals surface area (Å²) in [5, 5.41) is 0.770. The van der Waals surface area contributed by atoms with Gasteiger partial charge in [0.05, 0.1) is 16.2 Å². The lowest BCUT2D eigenvalue weighted by Gasteiger charge is -2.17. The number of carbonyl (C=O) groups is 2. The van der Waals surface area contributed by atoms with Gasteiger partial charge in [-0.3, -0.25) is 19.0 Å². The Morgan fingerprint density at radius 1 is 1.19 bits per heavy atom. The van der Waals surface area contributed by atoms with E-state index in [1.54, 1.807) is 28.5 Å². The van der Waals surface area contributed by atoms with Gasteiger partial charge in [-0.1, -0.05) is 37.2 Å². The first-order valence-corrected chi connectivity index (χ1v) is 11.9. The highest BCUT2D eigenvalue weighted by atomic mass is 32.2. The summed E-state index contributed by atoms with van der Waals surface area (Å²) >= 11 is 1.33. The van der Waals surface area contributed by atoms with Gasteiger partial charge in [-0.25, -0.2) is 4.98 Å². The van der Waals surface area contributed by atoms with E-state index in [1.807, 2.05) is 37.3 Å². The Morgan fingerprint density at radius 2 is 1.97 bits per heavy atom. The smallest absolute Gasteiger partial charge is 0.262 e. The number of aromatic nitrogens is 2. The summed E-state index contributed by atoms with van der Waals surface area (Å²) in [6.07, 6.45) is 2.58. The largest absolute Gasteiger partial charge is 0.312 e. The molecule has 0 saturated carbocycles. The Labute approximate surface area is 191 Å². The van der Waals surface area contributed by atoms with E-state index in [-0.39, 0.29) is 17.2 Å². The van der Waals surface area contributed by atoms with Gasteiger partial charge < -0.3 is 4.90 Å². The standard InChI is InChI=1S/C25H27N3O3S/c1-4-5-13-28-24(31)20-8-6-7-9-21(20)26-25(28)32-16(2)23(30)19-10-11-22-18(15-19)12-14-27(22)17(3)29/h6-11,15-16H,4-5,12-14H2,1-3H3. The molecule has 1 aliphatic rings. The van der Waals surface area contributed by atoms with Gasteiger partial charge in [-0.05, 0) is 55.7 Å². The van der Waals surface area contributed by atoms with Gasteiger partial charge >= 0.3 is 0 Å². The minimum Gasteiger partial charge on any atom is -0.312 e. The summed E-state index contributed by atoms with van der Waals surface area (Å²) in [5.41, 5.74) is 3.12. The number of benzene rings is 2. The van der Waals surface area contributed by atoms with E-state index in [2.05, 4.69) is 6.92 Å². The number of fused-ring (bicyclic) bond motifs is 2. The fraction of sp³-hybridized carbons (Fsp3) is 0.360. The number of carbonyl (C=O) groups excluding carboxylic acids is 2. The molecule has 0 bridgehead atoms. The van der Waals surface area contributed by atoms with Crippen LogP contribution in [0.5, 0.6) is 0 Å². The number of ketones is 1. The van der Waals surface area contributed by atoms with E-state index < -0.39 is 5.25 Å². The van der Waals surface area contributed by atoms with E-state index >= 15 is 0 Å². The predicted octanol–water partition coefficient (Wildman–Crippen LogP) is 4.47. The van der Waals surface area contributed by atoms with E-state index in [9.17, 15) is 14.4 Å². The van der Waals surface area contributed by atoms with Gasteiger partial charge in [-0.15, -0.1) is 0 Å². The number of anilines is 1. The van der Waals surface area contributed by atoms with Crippen LogP contribution < -0.4 is 10.5 Å².